The lowest BCUT2D eigenvalue weighted by molar-refractivity contribution is 0.118. The highest BCUT2D eigenvalue weighted by Gasteiger charge is 2.35. The van der Waals surface area contributed by atoms with Gasteiger partial charge in [-0.1, -0.05) is 47.5 Å². The minimum Gasteiger partial charge on any atom is -0.254 e. The minimum absolute atomic E-state index is 0.0631. The number of anilines is 1. The molecule has 3 nitrogen and oxygen atoms in total. The van der Waals surface area contributed by atoms with Crippen LogP contribution >= 0.6 is 23.2 Å². The average molecular weight is 319 g/mol. The molecule has 1 aliphatic heterocycles. The smallest absolute Gasteiger partial charge is 0.174 e. The summed E-state index contributed by atoms with van der Waals surface area (Å²) in [7, 11) is 0. The number of hydrogen-bond acceptors (Lipinski definition) is 3. The van der Waals surface area contributed by atoms with E-state index in [1.807, 2.05) is 42.5 Å². The van der Waals surface area contributed by atoms with Crippen LogP contribution in [0.4, 0.5) is 5.69 Å². The van der Waals surface area contributed by atoms with Crippen molar-refractivity contribution in [3.63, 3.8) is 0 Å². The molecule has 0 unspecified atom stereocenters. The zero-order valence-corrected chi connectivity index (χ0v) is 12.6. The Balaban J connectivity index is 1.98. The van der Waals surface area contributed by atoms with Crippen molar-refractivity contribution in [2.24, 2.45) is 0 Å². The molecule has 2 aromatic rings. The van der Waals surface area contributed by atoms with E-state index in [2.05, 4.69) is 6.07 Å². The van der Waals surface area contributed by atoms with Crippen LogP contribution in [0.2, 0.25) is 10.0 Å². The second-order valence-electron chi connectivity index (χ2n) is 4.81. The van der Waals surface area contributed by atoms with Crippen LogP contribution in [-0.4, -0.2) is 6.10 Å². The van der Waals surface area contributed by atoms with Crippen molar-refractivity contribution in [2.75, 3.05) is 5.06 Å². The van der Waals surface area contributed by atoms with Crippen molar-refractivity contribution in [3.8, 4) is 6.07 Å². The fourth-order valence-electron chi connectivity index (χ4n) is 2.44. The summed E-state index contributed by atoms with van der Waals surface area (Å²) in [5.74, 6) is 0. The predicted octanol–water partition coefficient (Wildman–Crippen LogP) is 4.77. The van der Waals surface area contributed by atoms with Crippen LogP contribution in [0.25, 0.3) is 0 Å². The molecule has 0 radical (unpaired) electrons. The van der Waals surface area contributed by atoms with Crippen molar-refractivity contribution in [1.29, 1.82) is 5.26 Å². The number of halogens is 2. The molecule has 0 amide bonds. The normalized spacial score (nSPS) is 21.3. The molecular weight excluding hydrogens is 307 g/mol. The Labute approximate surface area is 133 Å². The van der Waals surface area contributed by atoms with Crippen LogP contribution in [0.5, 0.6) is 0 Å². The number of benzene rings is 2. The molecular formula is C16H12Cl2N2O. The summed E-state index contributed by atoms with van der Waals surface area (Å²) in [4.78, 5) is 5.73. The molecule has 21 heavy (non-hydrogen) atoms. The van der Waals surface area contributed by atoms with Crippen LogP contribution in [0.3, 0.4) is 0 Å². The third kappa shape index (κ3) is 2.84. The largest absolute Gasteiger partial charge is 0.254 e. The van der Waals surface area contributed by atoms with Crippen LogP contribution in [0, 0.1) is 11.3 Å². The molecule has 5 heteroatoms. The van der Waals surface area contributed by atoms with Crippen LogP contribution < -0.4 is 5.06 Å². The van der Waals surface area contributed by atoms with E-state index in [0.29, 0.717) is 16.5 Å². The highest BCUT2D eigenvalue weighted by molar-refractivity contribution is 6.42. The molecule has 0 bridgehead atoms. The first-order valence-corrected chi connectivity index (χ1v) is 7.30. The number of para-hydroxylation sites is 1. The van der Waals surface area contributed by atoms with Gasteiger partial charge in [-0.25, -0.2) is 5.06 Å². The molecule has 1 fully saturated rings. The van der Waals surface area contributed by atoms with Crippen molar-refractivity contribution in [3.05, 3.63) is 64.1 Å². The lowest BCUT2D eigenvalue weighted by Crippen LogP contribution is -2.21. The zero-order valence-electron chi connectivity index (χ0n) is 11.0. The Morgan fingerprint density at radius 2 is 1.86 bits per heavy atom. The topological polar surface area (TPSA) is 36.3 Å². The summed E-state index contributed by atoms with van der Waals surface area (Å²) in [6.07, 6.45) is 0.119. The molecule has 0 aliphatic carbocycles. The van der Waals surface area contributed by atoms with E-state index in [-0.39, 0.29) is 6.04 Å². The highest BCUT2D eigenvalue weighted by atomic mass is 35.5. The molecule has 0 saturated carbocycles. The Morgan fingerprint density at radius 3 is 2.52 bits per heavy atom. The second-order valence-corrected chi connectivity index (χ2v) is 5.62. The van der Waals surface area contributed by atoms with Gasteiger partial charge < -0.3 is 0 Å². The van der Waals surface area contributed by atoms with E-state index < -0.39 is 6.10 Å². The van der Waals surface area contributed by atoms with Crippen molar-refractivity contribution >= 4 is 28.9 Å². The maximum Gasteiger partial charge on any atom is 0.174 e. The molecule has 2 aromatic carbocycles. The predicted molar refractivity (Wildman–Crippen MR) is 83.2 cm³/mol. The standard InChI is InChI=1S/C16H12Cl2N2O/c17-14-7-6-11(8-15(14)18)16-9-13(10-19)21-20(16)12-4-2-1-3-5-12/h1-8,13,16H,9H2/t13-,16-/m1/s1. The fraction of sp³-hybridized carbons (Fsp3) is 0.188. The van der Waals surface area contributed by atoms with Crippen LogP contribution in [0.15, 0.2) is 48.5 Å². The monoisotopic (exact) mass is 318 g/mol. The molecule has 0 aromatic heterocycles. The van der Waals surface area contributed by atoms with Gasteiger partial charge in [0.05, 0.1) is 27.8 Å². The quantitative estimate of drug-likeness (QED) is 0.800. The number of hydrogen-bond donors (Lipinski definition) is 0. The van der Waals surface area contributed by atoms with Crippen LogP contribution in [0.1, 0.15) is 18.0 Å². The number of nitriles is 1. The van der Waals surface area contributed by atoms with E-state index in [1.54, 1.807) is 11.1 Å². The molecule has 1 heterocycles. The lowest BCUT2D eigenvalue weighted by Gasteiger charge is -2.24. The van der Waals surface area contributed by atoms with Gasteiger partial charge in [-0.3, -0.25) is 4.84 Å². The summed E-state index contributed by atoms with van der Waals surface area (Å²) in [6.45, 7) is 0. The summed E-state index contributed by atoms with van der Waals surface area (Å²) in [5.41, 5.74) is 1.89. The van der Waals surface area contributed by atoms with E-state index >= 15 is 0 Å². The van der Waals surface area contributed by atoms with Gasteiger partial charge in [0, 0.05) is 6.42 Å². The first-order valence-electron chi connectivity index (χ1n) is 6.54. The van der Waals surface area contributed by atoms with Crippen molar-refractivity contribution < 1.29 is 4.84 Å². The summed E-state index contributed by atoms with van der Waals surface area (Å²) >= 11 is 12.1. The number of hydroxylamine groups is 1. The molecule has 1 saturated heterocycles. The van der Waals surface area contributed by atoms with Gasteiger partial charge in [-0.2, -0.15) is 5.26 Å². The molecule has 106 valence electrons. The van der Waals surface area contributed by atoms with Gasteiger partial charge >= 0.3 is 0 Å². The Morgan fingerprint density at radius 1 is 1.10 bits per heavy atom. The lowest BCUT2D eigenvalue weighted by atomic mass is 10.0. The Hall–Kier alpha value is -1.73. The molecule has 1 aliphatic rings. The fourth-order valence-corrected chi connectivity index (χ4v) is 2.74. The molecule has 3 rings (SSSR count). The van der Waals surface area contributed by atoms with Gasteiger partial charge in [-0.05, 0) is 29.8 Å². The van der Waals surface area contributed by atoms with Gasteiger partial charge in [0.15, 0.2) is 6.10 Å². The third-order valence-electron chi connectivity index (χ3n) is 3.44. The van der Waals surface area contributed by atoms with Crippen molar-refractivity contribution in [1.82, 2.24) is 0 Å². The van der Waals surface area contributed by atoms with E-state index in [9.17, 15) is 0 Å². The van der Waals surface area contributed by atoms with E-state index in [4.69, 9.17) is 33.3 Å². The minimum atomic E-state index is -0.468. The zero-order chi connectivity index (χ0) is 14.8. The molecule has 0 N–H and O–H groups in total. The van der Waals surface area contributed by atoms with Crippen molar-refractivity contribution in [2.45, 2.75) is 18.6 Å². The summed E-state index contributed by atoms with van der Waals surface area (Å²) in [6, 6.07) is 17.3. The summed E-state index contributed by atoms with van der Waals surface area (Å²) < 4.78 is 0. The first kappa shape index (κ1) is 14.2. The van der Waals surface area contributed by atoms with Gasteiger partial charge in [0.1, 0.15) is 0 Å². The number of nitrogens with zero attached hydrogens (tertiary/aromatic N) is 2. The highest BCUT2D eigenvalue weighted by Crippen LogP contribution is 2.39. The molecule has 2 atom stereocenters. The Bertz CT molecular complexity index is 684. The van der Waals surface area contributed by atoms with Crippen LogP contribution in [-0.2, 0) is 4.84 Å². The van der Waals surface area contributed by atoms with Gasteiger partial charge in [0.25, 0.3) is 0 Å². The van der Waals surface area contributed by atoms with E-state index in [0.717, 1.165) is 11.3 Å². The maximum atomic E-state index is 9.15. The third-order valence-corrected chi connectivity index (χ3v) is 4.18. The average Bonchev–Trinajstić information content (AvgIpc) is 2.95. The van der Waals surface area contributed by atoms with Gasteiger partial charge in [-0.15, -0.1) is 0 Å². The number of rotatable bonds is 2. The SMILES string of the molecule is N#C[C@H]1C[C@H](c2ccc(Cl)c(Cl)c2)N(c2ccccc2)O1. The second kappa shape index (κ2) is 5.95. The van der Waals surface area contributed by atoms with Gasteiger partial charge in [0.2, 0.25) is 0 Å². The first-order chi connectivity index (χ1) is 10.2. The molecule has 0 spiro atoms. The maximum absolute atomic E-state index is 9.15. The Kier molecular flexibility index (Phi) is 4.03. The summed E-state index contributed by atoms with van der Waals surface area (Å²) in [5, 5.41) is 11.9. The van der Waals surface area contributed by atoms with E-state index in [1.165, 1.54) is 0 Å².